The van der Waals surface area contributed by atoms with Crippen molar-refractivity contribution in [1.82, 2.24) is 10.1 Å². The highest BCUT2D eigenvalue weighted by Crippen LogP contribution is 2.21. The number of methoxy groups -OCH3 is 1. The Bertz CT molecular complexity index is 554. The second-order valence-corrected chi connectivity index (χ2v) is 6.69. The lowest BCUT2D eigenvalue weighted by Gasteiger charge is -2.07. The maximum atomic E-state index is 11.2. The summed E-state index contributed by atoms with van der Waals surface area (Å²) >= 11 is 3.34. The van der Waals surface area contributed by atoms with Crippen LogP contribution in [-0.4, -0.2) is 34.7 Å². The van der Waals surface area contributed by atoms with Crippen molar-refractivity contribution in [3.63, 3.8) is 0 Å². The van der Waals surface area contributed by atoms with Crippen molar-refractivity contribution in [3.05, 3.63) is 23.4 Å². The van der Waals surface area contributed by atoms with Crippen LogP contribution in [0.25, 0.3) is 10.7 Å². The first-order chi connectivity index (χ1) is 10.2. The molecule has 0 bridgehead atoms. The van der Waals surface area contributed by atoms with Crippen LogP contribution in [0, 0.1) is 5.92 Å². The van der Waals surface area contributed by atoms with E-state index in [9.17, 15) is 4.79 Å². The Morgan fingerprint density at radius 2 is 2.43 bits per heavy atom. The van der Waals surface area contributed by atoms with Gasteiger partial charge in [0.25, 0.3) is 0 Å². The fraction of sp³-hybridized carbons (Fsp3) is 0.500. The van der Waals surface area contributed by atoms with Crippen LogP contribution in [0.4, 0.5) is 0 Å². The lowest BCUT2D eigenvalue weighted by Crippen LogP contribution is -2.15. The average molecular weight is 326 g/mol. The lowest BCUT2D eigenvalue weighted by molar-refractivity contribution is -0.143. The van der Waals surface area contributed by atoms with E-state index in [1.54, 1.807) is 23.1 Å². The Balaban J connectivity index is 1.66. The normalized spacial score (nSPS) is 12.3. The number of hydrogen-bond donors (Lipinski definition) is 0. The van der Waals surface area contributed by atoms with E-state index < -0.39 is 0 Å². The van der Waals surface area contributed by atoms with Gasteiger partial charge in [0, 0.05) is 12.2 Å². The van der Waals surface area contributed by atoms with Crippen LogP contribution in [0.2, 0.25) is 0 Å². The van der Waals surface area contributed by atoms with Gasteiger partial charge in [0.05, 0.1) is 17.9 Å². The summed E-state index contributed by atoms with van der Waals surface area (Å²) in [5.74, 6) is 2.84. The zero-order chi connectivity index (χ0) is 15.1. The molecule has 0 spiro atoms. The van der Waals surface area contributed by atoms with E-state index in [0.717, 1.165) is 29.2 Å². The van der Waals surface area contributed by atoms with Crippen molar-refractivity contribution in [1.29, 1.82) is 0 Å². The molecule has 0 aromatic carbocycles. The molecule has 2 heterocycles. The zero-order valence-electron chi connectivity index (χ0n) is 12.1. The summed E-state index contributed by atoms with van der Waals surface area (Å²) in [6, 6.07) is 3.94. The molecule has 0 saturated heterocycles. The predicted molar refractivity (Wildman–Crippen MR) is 84.4 cm³/mol. The minimum Gasteiger partial charge on any atom is -0.469 e. The number of thioether (sulfide) groups is 1. The first-order valence-electron chi connectivity index (χ1n) is 6.72. The standard InChI is InChI=1S/C14H18N2O3S2/c1-10(14(17)18-2)9-20-7-4-6-12-15-13(16-19-12)11-5-3-8-21-11/h3,5,8,10H,4,6-7,9H2,1-2H3. The lowest BCUT2D eigenvalue weighted by atomic mass is 10.2. The summed E-state index contributed by atoms with van der Waals surface area (Å²) in [5, 5.41) is 5.97. The highest BCUT2D eigenvalue weighted by Gasteiger charge is 2.13. The summed E-state index contributed by atoms with van der Waals surface area (Å²) in [6.45, 7) is 1.88. The average Bonchev–Trinajstić information content (AvgIpc) is 3.16. The smallest absolute Gasteiger partial charge is 0.309 e. The molecule has 0 aliphatic carbocycles. The number of esters is 1. The SMILES string of the molecule is COC(=O)C(C)CSCCCc1nc(-c2cccs2)no1. The Morgan fingerprint density at radius 3 is 3.14 bits per heavy atom. The first-order valence-corrected chi connectivity index (χ1v) is 8.76. The molecular formula is C14H18N2O3S2. The van der Waals surface area contributed by atoms with Gasteiger partial charge in [-0.3, -0.25) is 4.79 Å². The van der Waals surface area contributed by atoms with Gasteiger partial charge in [-0.05, 0) is 23.6 Å². The van der Waals surface area contributed by atoms with Gasteiger partial charge >= 0.3 is 5.97 Å². The molecule has 0 fully saturated rings. The van der Waals surface area contributed by atoms with Crippen LogP contribution in [0.5, 0.6) is 0 Å². The van der Waals surface area contributed by atoms with Crippen LogP contribution >= 0.6 is 23.1 Å². The van der Waals surface area contributed by atoms with Crippen LogP contribution in [0.1, 0.15) is 19.2 Å². The van der Waals surface area contributed by atoms with Crippen LogP contribution in [-0.2, 0) is 16.0 Å². The molecule has 0 aliphatic heterocycles. The van der Waals surface area contributed by atoms with E-state index in [4.69, 9.17) is 9.26 Å². The summed E-state index contributed by atoms with van der Waals surface area (Å²) in [7, 11) is 1.42. The number of nitrogens with zero attached hydrogens (tertiary/aromatic N) is 2. The van der Waals surface area contributed by atoms with Gasteiger partial charge in [0.15, 0.2) is 0 Å². The minimum atomic E-state index is -0.153. The molecule has 114 valence electrons. The number of thiophene rings is 1. The predicted octanol–water partition coefficient (Wildman–Crippen LogP) is 3.27. The second-order valence-electron chi connectivity index (χ2n) is 4.59. The van der Waals surface area contributed by atoms with Crippen molar-refractivity contribution in [2.75, 3.05) is 18.6 Å². The van der Waals surface area contributed by atoms with E-state index in [0.29, 0.717) is 11.7 Å². The molecule has 0 amide bonds. The molecule has 2 rings (SSSR count). The molecule has 7 heteroatoms. The highest BCUT2D eigenvalue weighted by atomic mass is 32.2. The molecule has 0 aliphatic rings. The van der Waals surface area contributed by atoms with Gasteiger partial charge in [0.2, 0.25) is 11.7 Å². The number of hydrogen-bond acceptors (Lipinski definition) is 7. The van der Waals surface area contributed by atoms with Gasteiger partial charge in [-0.1, -0.05) is 18.1 Å². The van der Waals surface area contributed by atoms with Crippen molar-refractivity contribution in [2.45, 2.75) is 19.8 Å². The molecular weight excluding hydrogens is 308 g/mol. The molecule has 2 aromatic heterocycles. The van der Waals surface area contributed by atoms with Crippen molar-refractivity contribution in [2.24, 2.45) is 5.92 Å². The van der Waals surface area contributed by atoms with E-state index >= 15 is 0 Å². The molecule has 5 nitrogen and oxygen atoms in total. The monoisotopic (exact) mass is 326 g/mol. The van der Waals surface area contributed by atoms with E-state index in [2.05, 4.69) is 10.1 Å². The third kappa shape index (κ3) is 4.86. The molecule has 1 unspecified atom stereocenters. The maximum absolute atomic E-state index is 11.2. The van der Waals surface area contributed by atoms with Crippen LogP contribution in [0.3, 0.4) is 0 Å². The summed E-state index contributed by atoms with van der Waals surface area (Å²) in [6.07, 6.45) is 1.71. The summed E-state index contributed by atoms with van der Waals surface area (Å²) in [4.78, 5) is 16.6. The first kappa shape index (κ1) is 16.0. The Hall–Kier alpha value is -1.34. The topological polar surface area (TPSA) is 65.2 Å². The number of rotatable bonds is 8. The molecule has 0 saturated carbocycles. The van der Waals surface area contributed by atoms with Gasteiger partial charge in [0.1, 0.15) is 0 Å². The van der Waals surface area contributed by atoms with E-state index in [1.807, 2.05) is 24.4 Å². The zero-order valence-corrected chi connectivity index (χ0v) is 13.7. The Kier molecular flexibility index (Phi) is 6.25. The van der Waals surface area contributed by atoms with Gasteiger partial charge in [-0.15, -0.1) is 11.3 Å². The number of ether oxygens (including phenoxy) is 1. The Morgan fingerprint density at radius 1 is 1.57 bits per heavy atom. The van der Waals surface area contributed by atoms with Crippen molar-refractivity contribution >= 4 is 29.1 Å². The highest BCUT2D eigenvalue weighted by molar-refractivity contribution is 7.99. The van der Waals surface area contributed by atoms with Crippen molar-refractivity contribution < 1.29 is 14.1 Å². The minimum absolute atomic E-state index is 0.0613. The van der Waals surface area contributed by atoms with Gasteiger partial charge < -0.3 is 9.26 Å². The quantitative estimate of drug-likeness (QED) is 0.548. The summed E-state index contributed by atoms with van der Waals surface area (Å²) in [5.41, 5.74) is 0. The summed E-state index contributed by atoms with van der Waals surface area (Å²) < 4.78 is 9.93. The van der Waals surface area contributed by atoms with E-state index in [1.165, 1.54) is 7.11 Å². The molecule has 0 radical (unpaired) electrons. The van der Waals surface area contributed by atoms with Crippen LogP contribution < -0.4 is 0 Å². The molecule has 2 aromatic rings. The maximum Gasteiger partial charge on any atom is 0.309 e. The number of carbonyl (C=O) groups is 1. The van der Waals surface area contributed by atoms with Gasteiger partial charge in [-0.25, -0.2) is 0 Å². The second kappa shape index (κ2) is 8.19. The fourth-order valence-corrected chi connectivity index (χ4v) is 3.37. The molecule has 21 heavy (non-hydrogen) atoms. The number of carbonyl (C=O) groups excluding carboxylic acids is 1. The van der Waals surface area contributed by atoms with Crippen LogP contribution in [0.15, 0.2) is 22.0 Å². The van der Waals surface area contributed by atoms with E-state index in [-0.39, 0.29) is 11.9 Å². The largest absolute Gasteiger partial charge is 0.469 e. The fourth-order valence-electron chi connectivity index (χ4n) is 1.72. The number of aryl methyl sites for hydroxylation is 1. The van der Waals surface area contributed by atoms with Crippen molar-refractivity contribution in [3.8, 4) is 10.7 Å². The van der Waals surface area contributed by atoms with Gasteiger partial charge in [-0.2, -0.15) is 16.7 Å². The molecule has 1 atom stereocenters. The third-order valence-corrected chi connectivity index (χ3v) is 5.04. The Labute approximate surface area is 132 Å². The number of aromatic nitrogens is 2. The third-order valence-electron chi connectivity index (χ3n) is 2.86. The molecule has 0 N–H and O–H groups in total.